The smallest absolute Gasteiger partial charge is 0.347 e. The number of aliphatic hydroxyl groups is 1. The molecule has 0 amide bonds. The van der Waals surface area contributed by atoms with Crippen LogP contribution in [0.3, 0.4) is 0 Å². The molecule has 0 aliphatic carbocycles. The first kappa shape index (κ1) is 46.2. The van der Waals surface area contributed by atoms with Gasteiger partial charge in [-0.05, 0) is 35.8 Å². The lowest BCUT2D eigenvalue weighted by molar-refractivity contribution is -0.896. The molecule has 1 heterocycles. The molecule has 0 aromatic heterocycles. The summed E-state index contributed by atoms with van der Waals surface area (Å²) < 4.78 is 21.6. The van der Waals surface area contributed by atoms with Gasteiger partial charge in [-0.15, -0.1) is 0 Å². The Bertz CT molecular complexity index is 1260. The average molecular weight is 762 g/mol. The largest absolute Gasteiger partial charge is 0.691 e. The van der Waals surface area contributed by atoms with Crippen LogP contribution in [0.25, 0.3) is 0 Å². The minimum Gasteiger partial charge on any atom is -0.691 e. The molecule has 0 radical (unpaired) electrons. The Morgan fingerprint density at radius 2 is 1.32 bits per heavy atom. The second-order valence-corrected chi connectivity index (χ2v) is 15.4. The van der Waals surface area contributed by atoms with Gasteiger partial charge in [0.2, 0.25) is 5.60 Å². The molecule has 11 nitrogen and oxygen atoms in total. The third-order valence-electron chi connectivity index (χ3n) is 9.89. The summed E-state index contributed by atoms with van der Waals surface area (Å²) in [5, 5.41) is 23.8. The van der Waals surface area contributed by atoms with Gasteiger partial charge in [0.1, 0.15) is 11.4 Å². The number of esters is 3. The maximum absolute atomic E-state index is 13.0. The lowest BCUT2D eigenvalue weighted by Gasteiger charge is -2.38. The van der Waals surface area contributed by atoms with E-state index in [1.807, 2.05) is 36.4 Å². The standard InChI is InChI=1S/C21H26NO3.C20H38O7S/c1-22(2)15-13-19(14-16-22)25-20(23)21(24,17-9-5-3-6-10-17)18-11-7-4-8-12-18;1-5-9-11-16(7-3)14-24-19(21)13-18(28-27-26-23)20(22)25-15-17(8-4)12-10-6-2/h3-12,19,24H,13-16H2,1-2H3;16-18,23H,5-15H2,1-4H3/q+1;/p-1. The van der Waals surface area contributed by atoms with Crippen molar-refractivity contribution in [2.45, 2.75) is 115 Å². The monoisotopic (exact) mass is 761 g/mol. The van der Waals surface area contributed by atoms with Crippen LogP contribution in [-0.4, -0.2) is 79.2 Å². The van der Waals surface area contributed by atoms with Gasteiger partial charge in [-0.25, -0.2) is 4.79 Å². The van der Waals surface area contributed by atoms with Crippen LogP contribution in [0, 0.1) is 11.8 Å². The van der Waals surface area contributed by atoms with Gasteiger partial charge in [0.25, 0.3) is 0 Å². The Morgan fingerprint density at radius 1 is 0.830 bits per heavy atom. The van der Waals surface area contributed by atoms with E-state index in [1.54, 1.807) is 24.3 Å². The van der Waals surface area contributed by atoms with E-state index in [0.29, 0.717) is 35.7 Å². The number of hydrogen-bond acceptors (Lipinski definition) is 11. The normalized spacial score (nSPS) is 16.0. The van der Waals surface area contributed by atoms with Crippen molar-refractivity contribution in [3.05, 3.63) is 71.8 Å². The zero-order chi connectivity index (χ0) is 39.1. The summed E-state index contributed by atoms with van der Waals surface area (Å²) in [4.78, 5) is 37.5. The topological polar surface area (TPSA) is 141 Å². The molecular weight excluding hydrogens is 699 g/mol. The molecule has 298 valence electrons. The van der Waals surface area contributed by atoms with Crippen LogP contribution >= 0.6 is 12.0 Å². The summed E-state index contributed by atoms with van der Waals surface area (Å²) >= 11 is 0.479. The fraction of sp³-hybridized carbons (Fsp3) is 0.634. The second-order valence-electron chi connectivity index (χ2n) is 14.5. The summed E-state index contributed by atoms with van der Waals surface area (Å²) in [5.41, 5.74) is -0.735. The zero-order valence-corrected chi connectivity index (χ0v) is 33.5. The van der Waals surface area contributed by atoms with Gasteiger partial charge in [-0.2, -0.15) is 4.33 Å². The third kappa shape index (κ3) is 16.5. The third-order valence-corrected chi connectivity index (χ3v) is 10.6. The minimum atomic E-state index is -1.79. The highest BCUT2D eigenvalue weighted by atomic mass is 32.2. The molecule has 3 unspecified atom stereocenters. The van der Waals surface area contributed by atoms with Crippen LogP contribution in [0.15, 0.2) is 60.7 Å². The van der Waals surface area contributed by atoms with Crippen molar-refractivity contribution in [1.82, 2.24) is 0 Å². The maximum atomic E-state index is 13.0. The molecule has 0 saturated carbocycles. The average Bonchev–Trinajstić information content (AvgIpc) is 3.17. The number of quaternary nitrogens is 1. The Kier molecular flexibility index (Phi) is 21.9. The number of benzene rings is 2. The number of piperidine rings is 1. The fourth-order valence-electron chi connectivity index (χ4n) is 6.09. The van der Waals surface area contributed by atoms with Gasteiger partial charge in [0.15, 0.2) is 0 Å². The number of ether oxygens (including phenoxy) is 3. The molecule has 0 bridgehead atoms. The molecule has 0 spiro atoms. The van der Waals surface area contributed by atoms with E-state index < -0.39 is 28.8 Å². The van der Waals surface area contributed by atoms with Crippen molar-refractivity contribution in [3.63, 3.8) is 0 Å². The highest BCUT2D eigenvalue weighted by Crippen LogP contribution is 2.32. The molecule has 2 aromatic carbocycles. The van der Waals surface area contributed by atoms with Crippen LogP contribution < -0.4 is 5.26 Å². The first-order valence-electron chi connectivity index (χ1n) is 19.2. The first-order chi connectivity index (χ1) is 25.4. The van der Waals surface area contributed by atoms with E-state index >= 15 is 0 Å². The van der Waals surface area contributed by atoms with Crippen molar-refractivity contribution in [2.75, 3.05) is 40.4 Å². The molecule has 1 saturated heterocycles. The number of hydrogen-bond donors (Lipinski definition) is 1. The van der Waals surface area contributed by atoms with Gasteiger partial charge in [0.05, 0.1) is 46.8 Å². The summed E-state index contributed by atoms with van der Waals surface area (Å²) in [6.07, 6.45) is 9.42. The van der Waals surface area contributed by atoms with Gasteiger partial charge in [-0.1, -0.05) is 127 Å². The Labute approximate surface area is 321 Å². The van der Waals surface area contributed by atoms with Gasteiger partial charge in [-0.3, -0.25) is 14.6 Å². The molecule has 53 heavy (non-hydrogen) atoms. The van der Waals surface area contributed by atoms with Crippen LogP contribution in [0.1, 0.15) is 109 Å². The van der Waals surface area contributed by atoms with Crippen LogP contribution in [0.4, 0.5) is 0 Å². The molecule has 1 fully saturated rings. The summed E-state index contributed by atoms with van der Waals surface area (Å²) in [7, 11) is 4.37. The van der Waals surface area contributed by atoms with Gasteiger partial charge >= 0.3 is 17.9 Å². The second kappa shape index (κ2) is 25.1. The SMILES string of the molecule is CCCCC(CC)COC(=O)CC(SOO[O-])C(=O)OCC(CC)CCCC.C[N+]1(C)CCC(OC(=O)C(O)(c2ccccc2)c2ccccc2)CC1. The van der Waals surface area contributed by atoms with Crippen molar-refractivity contribution < 1.29 is 52.8 Å². The molecule has 3 atom stereocenters. The Morgan fingerprint density at radius 3 is 1.77 bits per heavy atom. The zero-order valence-electron chi connectivity index (χ0n) is 32.7. The van der Waals surface area contributed by atoms with E-state index in [-0.39, 0.29) is 25.0 Å². The minimum absolute atomic E-state index is 0.141. The van der Waals surface area contributed by atoms with E-state index in [9.17, 15) is 24.7 Å². The number of likely N-dealkylation sites (tertiary alicyclic amines) is 1. The van der Waals surface area contributed by atoms with E-state index in [1.165, 1.54) is 0 Å². The summed E-state index contributed by atoms with van der Waals surface area (Å²) in [5.74, 6) is -1.12. The number of carbonyl (C=O) groups is 3. The van der Waals surface area contributed by atoms with E-state index in [4.69, 9.17) is 14.2 Å². The molecule has 2 aromatic rings. The van der Waals surface area contributed by atoms with E-state index in [0.717, 1.165) is 81.8 Å². The first-order valence-corrected chi connectivity index (χ1v) is 20.0. The van der Waals surface area contributed by atoms with Crippen molar-refractivity contribution >= 4 is 30.0 Å². The highest BCUT2D eigenvalue weighted by Gasteiger charge is 2.43. The summed E-state index contributed by atoms with van der Waals surface area (Å²) in [6.45, 7) is 10.9. The number of carbonyl (C=O) groups excluding carboxylic acids is 3. The molecule has 12 heteroatoms. The van der Waals surface area contributed by atoms with Crippen LogP contribution in [-0.2, 0) is 43.6 Å². The quantitative estimate of drug-likeness (QED) is 0.0337. The highest BCUT2D eigenvalue weighted by molar-refractivity contribution is 7.95. The lowest BCUT2D eigenvalue weighted by atomic mass is 9.86. The fourth-order valence-corrected chi connectivity index (χ4v) is 6.57. The van der Waals surface area contributed by atoms with Crippen LogP contribution in [0.5, 0.6) is 0 Å². The Hall–Kier alpha value is -3.00. The molecular formula is C41H63NO10S. The molecule has 1 aliphatic heterocycles. The number of rotatable bonds is 22. The molecule has 3 rings (SSSR count). The molecule has 1 N–H and O–H groups in total. The predicted octanol–water partition coefficient (Wildman–Crippen LogP) is 6.84. The predicted molar refractivity (Wildman–Crippen MR) is 204 cm³/mol. The Balaban J connectivity index is 0.000000368. The molecule has 1 aliphatic rings. The maximum Gasteiger partial charge on any atom is 0.347 e. The number of unbranched alkanes of at least 4 members (excludes halogenated alkanes) is 2. The van der Waals surface area contributed by atoms with Crippen LogP contribution in [0.2, 0.25) is 0 Å². The van der Waals surface area contributed by atoms with Gasteiger partial charge < -0.3 is 29.1 Å². The number of nitrogens with zero attached hydrogens (tertiary/aromatic N) is 1. The van der Waals surface area contributed by atoms with Crippen molar-refractivity contribution in [1.29, 1.82) is 0 Å². The van der Waals surface area contributed by atoms with E-state index in [2.05, 4.69) is 51.2 Å². The van der Waals surface area contributed by atoms with Gasteiger partial charge in [0, 0.05) is 24.9 Å². The van der Waals surface area contributed by atoms with Crippen molar-refractivity contribution in [3.8, 4) is 0 Å². The lowest BCUT2D eigenvalue weighted by Crippen LogP contribution is -2.49. The van der Waals surface area contributed by atoms with Crippen molar-refractivity contribution in [2.24, 2.45) is 11.8 Å². The summed E-state index contributed by atoms with van der Waals surface area (Å²) in [6, 6.07) is 18.0.